The molecule has 1 aliphatic rings. The van der Waals surface area contributed by atoms with E-state index in [9.17, 15) is 4.79 Å². The molecule has 0 spiro atoms. The summed E-state index contributed by atoms with van der Waals surface area (Å²) in [4.78, 5) is 16.3. The number of nitrogens with two attached hydrogens (primary N) is 1. The molecule has 0 aliphatic carbocycles. The number of carbonyl (C=O) groups is 1. The Bertz CT molecular complexity index is 470. The quantitative estimate of drug-likeness (QED) is 0.889. The summed E-state index contributed by atoms with van der Waals surface area (Å²) in [6.45, 7) is 6.99. The number of nitrogens with zero attached hydrogens (tertiary/aromatic N) is 2. The van der Waals surface area contributed by atoms with Crippen molar-refractivity contribution in [2.45, 2.75) is 32.5 Å². The lowest BCUT2D eigenvalue weighted by Gasteiger charge is -2.45. The van der Waals surface area contributed by atoms with E-state index >= 15 is 0 Å². The molecule has 4 nitrogen and oxygen atoms in total. The standard InChI is InChI=1S/C15H23N3O/c1-15(2)14(19)17(3)8-9-18(15)11-13-7-5-4-6-12(13)10-16/h4-7H,8-11,16H2,1-3H3. The van der Waals surface area contributed by atoms with Gasteiger partial charge in [-0.15, -0.1) is 0 Å². The molecule has 0 unspecified atom stereocenters. The highest BCUT2D eigenvalue weighted by atomic mass is 16.2. The van der Waals surface area contributed by atoms with Gasteiger partial charge in [-0.3, -0.25) is 9.69 Å². The molecule has 0 aromatic heterocycles. The summed E-state index contributed by atoms with van der Waals surface area (Å²) in [6, 6.07) is 8.19. The Morgan fingerprint density at radius 2 is 1.84 bits per heavy atom. The highest BCUT2D eigenvalue weighted by Gasteiger charge is 2.40. The van der Waals surface area contributed by atoms with Crippen molar-refractivity contribution in [3.8, 4) is 0 Å². The highest BCUT2D eigenvalue weighted by molar-refractivity contribution is 5.86. The van der Waals surface area contributed by atoms with Gasteiger partial charge in [0.1, 0.15) is 0 Å². The van der Waals surface area contributed by atoms with Crippen molar-refractivity contribution in [1.82, 2.24) is 9.80 Å². The normalized spacial score (nSPS) is 19.8. The van der Waals surface area contributed by atoms with E-state index in [0.717, 1.165) is 25.2 Å². The molecule has 4 heteroatoms. The molecule has 1 saturated heterocycles. The summed E-state index contributed by atoms with van der Waals surface area (Å²) in [5, 5.41) is 0. The molecule has 2 rings (SSSR count). The van der Waals surface area contributed by atoms with E-state index < -0.39 is 5.54 Å². The van der Waals surface area contributed by atoms with Crippen LogP contribution in [0.3, 0.4) is 0 Å². The third-order valence-corrected chi connectivity index (χ3v) is 4.07. The van der Waals surface area contributed by atoms with E-state index in [1.807, 2.05) is 37.9 Å². The first kappa shape index (κ1) is 14.0. The molecule has 1 aliphatic heterocycles. The van der Waals surface area contributed by atoms with Gasteiger partial charge in [-0.2, -0.15) is 0 Å². The molecule has 0 bridgehead atoms. The fourth-order valence-electron chi connectivity index (χ4n) is 2.65. The van der Waals surface area contributed by atoms with Crippen molar-refractivity contribution in [3.05, 3.63) is 35.4 Å². The fraction of sp³-hybridized carbons (Fsp3) is 0.533. The maximum atomic E-state index is 12.3. The molecular weight excluding hydrogens is 238 g/mol. The van der Waals surface area contributed by atoms with Gasteiger partial charge in [-0.1, -0.05) is 24.3 Å². The summed E-state index contributed by atoms with van der Waals surface area (Å²) in [5.74, 6) is 0.184. The van der Waals surface area contributed by atoms with Gasteiger partial charge in [-0.05, 0) is 25.0 Å². The van der Waals surface area contributed by atoms with Crippen LogP contribution in [0.5, 0.6) is 0 Å². The van der Waals surface area contributed by atoms with Crippen molar-refractivity contribution >= 4 is 5.91 Å². The molecule has 1 amide bonds. The van der Waals surface area contributed by atoms with Crippen LogP contribution >= 0.6 is 0 Å². The molecule has 1 aromatic rings. The Balaban J connectivity index is 2.21. The second-order valence-electron chi connectivity index (χ2n) is 5.68. The van der Waals surface area contributed by atoms with Gasteiger partial charge in [0.15, 0.2) is 0 Å². The third-order valence-electron chi connectivity index (χ3n) is 4.07. The number of piperazine rings is 1. The number of hydrogen-bond donors (Lipinski definition) is 1. The topological polar surface area (TPSA) is 49.6 Å². The maximum Gasteiger partial charge on any atom is 0.242 e. The first-order valence-electron chi connectivity index (χ1n) is 6.74. The molecular formula is C15H23N3O. The SMILES string of the molecule is CN1CCN(Cc2ccccc2CN)C(C)(C)C1=O. The molecule has 19 heavy (non-hydrogen) atoms. The van der Waals surface area contributed by atoms with Crippen LogP contribution in [-0.4, -0.2) is 41.4 Å². The predicted molar refractivity (Wildman–Crippen MR) is 76.5 cm³/mol. The summed E-state index contributed by atoms with van der Waals surface area (Å²) < 4.78 is 0. The van der Waals surface area contributed by atoms with E-state index in [-0.39, 0.29) is 5.91 Å². The van der Waals surface area contributed by atoms with Gasteiger partial charge in [0.25, 0.3) is 0 Å². The molecule has 0 radical (unpaired) electrons. The maximum absolute atomic E-state index is 12.3. The zero-order valence-corrected chi connectivity index (χ0v) is 12.0. The van der Waals surface area contributed by atoms with Crippen molar-refractivity contribution in [2.24, 2.45) is 5.73 Å². The van der Waals surface area contributed by atoms with Gasteiger partial charge >= 0.3 is 0 Å². The van der Waals surface area contributed by atoms with E-state index in [1.54, 1.807) is 0 Å². The van der Waals surface area contributed by atoms with E-state index in [4.69, 9.17) is 5.73 Å². The van der Waals surface area contributed by atoms with Crippen LogP contribution < -0.4 is 5.73 Å². The minimum absolute atomic E-state index is 0.184. The van der Waals surface area contributed by atoms with Crippen LogP contribution in [0.15, 0.2) is 24.3 Å². The van der Waals surface area contributed by atoms with Gasteiger partial charge in [0, 0.05) is 33.2 Å². The van der Waals surface area contributed by atoms with E-state index in [1.165, 1.54) is 5.56 Å². The summed E-state index contributed by atoms with van der Waals surface area (Å²) >= 11 is 0. The predicted octanol–water partition coefficient (Wildman–Crippen LogP) is 1.20. The van der Waals surface area contributed by atoms with E-state index in [2.05, 4.69) is 17.0 Å². The van der Waals surface area contributed by atoms with Gasteiger partial charge in [0.2, 0.25) is 5.91 Å². The molecule has 1 fully saturated rings. The second kappa shape index (κ2) is 5.31. The smallest absolute Gasteiger partial charge is 0.242 e. The second-order valence-corrected chi connectivity index (χ2v) is 5.68. The zero-order valence-electron chi connectivity index (χ0n) is 12.0. The monoisotopic (exact) mass is 261 g/mol. The number of rotatable bonds is 3. The average molecular weight is 261 g/mol. The summed E-state index contributed by atoms with van der Waals surface area (Å²) in [5.41, 5.74) is 7.70. The van der Waals surface area contributed by atoms with Crippen molar-refractivity contribution < 1.29 is 4.79 Å². The van der Waals surface area contributed by atoms with E-state index in [0.29, 0.717) is 6.54 Å². The Hall–Kier alpha value is -1.39. The number of amides is 1. The lowest BCUT2D eigenvalue weighted by molar-refractivity contribution is -0.147. The molecule has 104 valence electrons. The first-order chi connectivity index (χ1) is 8.96. The van der Waals surface area contributed by atoms with Crippen molar-refractivity contribution in [3.63, 3.8) is 0 Å². The Morgan fingerprint density at radius 1 is 1.21 bits per heavy atom. The Labute approximate surface area is 115 Å². The van der Waals surface area contributed by atoms with Gasteiger partial charge in [0.05, 0.1) is 5.54 Å². The lowest BCUT2D eigenvalue weighted by atomic mass is 9.96. The minimum Gasteiger partial charge on any atom is -0.343 e. The van der Waals surface area contributed by atoms with Gasteiger partial charge < -0.3 is 10.6 Å². The highest BCUT2D eigenvalue weighted by Crippen LogP contribution is 2.24. The molecule has 0 atom stereocenters. The largest absolute Gasteiger partial charge is 0.343 e. The molecule has 2 N–H and O–H groups in total. The van der Waals surface area contributed by atoms with Crippen LogP contribution in [0.4, 0.5) is 0 Å². The fourth-order valence-corrected chi connectivity index (χ4v) is 2.65. The zero-order chi connectivity index (χ0) is 14.0. The Morgan fingerprint density at radius 3 is 2.47 bits per heavy atom. The van der Waals surface area contributed by atoms with Crippen LogP contribution in [0.1, 0.15) is 25.0 Å². The van der Waals surface area contributed by atoms with Crippen LogP contribution in [0.2, 0.25) is 0 Å². The average Bonchev–Trinajstić information content (AvgIpc) is 2.40. The van der Waals surface area contributed by atoms with Crippen LogP contribution in [-0.2, 0) is 17.9 Å². The molecule has 0 saturated carbocycles. The molecule has 1 aromatic carbocycles. The van der Waals surface area contributed by atoms with Crippen molar-refractivity contribution in [2.75, 3.05) is 20.1 Å². The summed E-state index contributed by atoms with van der Waals surface area (Å²) in [6.07, 6.45) is 0. The first-order valence-corrected chi connectivity index (χ1v) is 6.74. The number of benzene rings is 1. The number of hydrogen-bond acceptors (Lipinski definition) is 3. The lowest BCUT2D eigenvalue weighted by Crippen LogP contribution is -2.61. The van der Waals surface area contributed by atoms with Crippen molar-refractivity contribution in [1.29, 1.82) is 0 Å². The summed E-state index contributed by atoms with van der Waals surface area (Å²) in [7, 11) is 1.87. The Kier molecular flexibility index (Phi) is 3.92. The van der Waals surface area contributed by atoms with Crippen LogP contribution in [0.25, 0.3) is 0 Å². The third kappa shape index (κ3) is 2.65. The molecule has 1 heterocycles. The number of likely N-dealkylation sites (N-methyl/N-ethyl adjacent to an activating group) is 1. The van der Waals surface area contributed by atoms with Gasteiger partial charge in [-0.25, -0.2) is 0 Å². The minimum atomic E-state index is -0.450. The van der Waals surface area contributed by atoms with Crippen LogP contribution in [0, 0.1) is 0 Å². The number of carbonyl (C=O) groups excluding carboxylic acids is 1.